The van der Waals surface area contributed by atoms with Crippen molar-refractivity contribution in [2.24, 2.45) is 5.92 Å². The highest BCUT2D eigenvalue weighted by Crippen LogP contribution is 2.23. The first kappa shape index (κ1) is 16.2. The van der Waals surface area contributed by atoms with Gasteiger partial charge >= 0.3 is 5.97 Å². The number of carbonyl (C=O) groups is 2. The largest absolute Gasteiger partial charge is 0.478 e. The van der Waals surface area contributed by atoms with Crippen LogP contribution in [0.5, 0.6) is 0 Å². The second kappa shape index (κ2) is 6.83. The van der Waals surface area contributed by atoms with Gasteiger partial charge in [-0.15, -0.1) is 0 Å². The summed E-state index contributed by atoms with van der Waals surface area (Å²) in [6.45, 7) is 3.27. The van der Waals surface area contributed by atoms with Crippen molar-refractivity contribution in [3.8, 4) is 11.3 Å². The zero-order valence-corrected chi connectivity index (χ0v) is 13.6. The average Bonchev–Trinajstić information content (AvgIpc) is 3.04. The van der Waals surface area contributed by atoms with Gasteiger partial charge in [0.1, 0.15) is 0 Å². The number of nitrogens with zero attached hydrogens (tertiary/aromatic N) is 2. The van der Waals surface area contributed by atoms with Crippen molar-refractivity contribution >= 4 is 11.9 Å². The topological polar surface area (TPSA) is 70.5 Å². The van der Waals surface area contributed by atoms with E-state index in [1.807, 2.05) is 29.3 Å². The van der Waals surface area contributed by atoms with Crippen LogP contribution >= 0.6 is 0 Å². The molecule has 2 heterocycles. The molecule has 0 saturated carbocycles. The average molecular weight is 324 g/mol. The van der Waals surface area contributed by atoms with Crippen LogP contribution in [0.3, 0.4) is 0 Å². The highest BCUT2D eigenvalue weighted by molar-refractivity contribution is 5.89. The molecule has 3 rings (SSSR count). The van der Waals surface area contributed by atoms with Gasteiger partial charge in [-0.1, -0.05) is 18.2 Å². The van der Waals surface area contributed by atoms with Crippen LogP contribution in [0.4, 0.5) is 0 Å². The smallest absolute Gasteiger partial charge is 0.335 e. The van der Waals surface area contributed by atoms with Crippen LogP contribution < -0.4 is 0 Å². The number of amides is 1. The number of rotatable bonds is 4. The lowest BCUT2D eigenvalue weighted by Crippen LogP contribution is -2.26. The lowest BCUT2D eigenvalue weighted by Gasteiger charge is -2.14. The van der Waals surface area contributed by atoms with Crippen LogP contribution in [0.1, 0.15) is 29.3 Å². The number of pyridine rings is 1. The van der Waals surface area contributed by atoms with Crippen LogP contribution in [0.2, 0.25) is 0 Å². The van der Waals surface area contributed by atoms with E-state index >= 15 is 0 Å². The standard InChI is InChI=1S/C19H20N2O3/c1-13(22)21-8-7-15(12-21)9-14-5-6-18(20-11-14)16-3-2-4-17(10-16)19(23)24/h2-6,10-11,15H,7-9,12H2,1H3,(H,23,24)/t15-/m1/s1. The molecule has 1 N–H and O–H groups in total. The van der Waals surface area contributed by atoms with E-state index in [0.29, 0.717) is 5.92 Å². The predicted molar refractivity (Wildman–Crippen MR) is 90.7 cm³/mol. The minimum atomic E-state index is -0.940. The highest BCUT2D eigenvalue weighted by atomic mass is 16.4. The molecule has 5 heteroatoms. The molecule has 1 aliphatic heterocycles. The Morgan fingerprint density at radius 3 is 2.75 bits per heavy atom. The molecular weight excluding hydrogens is 304 g/mol. The van der Waals surface area contributed by atoms with Gasteiger partial charge < -0.3 is 10.0 Å². The Balaban J connectivity index is 1.69. The summed E-state index contributed by atoms with van der Waals surface area (Å²) in [6.07, 6.45) is 3.79. The maximum atomic E-state index is 11.4. The number of carboxylic acid groups (broad SMARTS) is 1. The maximum absolute atomic E-state index is 11.4. The summed E-state index contributed by atoms with van der Waals surface area (Å²) >= 11 is 0. The molecule has 1 aromatic carbocycles. The van der Waals surface area contributed by atoms with E-state index in [0.717, 1.165) is 42.8 Å². The molecule has 1 atom stereocenters. The third-order valence-corrected chi connectivity index (χ3v) is 4.49. The van der Waals surface area contributed by atoms with Crippen LogP contribution in [0.25, 0.3) is 11.3 Å². The number of benzene rings is 1. The van der Waals surface area contributed by atoms with E-state index in [-0.39, 0.29) is 11.5 Å². The SMILES string of the molecule is CC(=O)N1CC[C@H](Cc2ccc(-c3cccc(C(=O)O)c3)nc2)C1. The molecule has 2 aromatic rings. The fourth-order valence-electron chi connectivity index (χ4n) is 3.15. The highest BCUT2D eigenvalue weighted by Gasteiger charge is 2.24. The number of hydrogen-bond acceptors (Lipinski definition) is 3. The minimum absolute atomic E-state index is 0.143. The van der Waals surface area contributed by atoms with Gasteiger partial charge in [-0.05, 0) is 42.5 Å². The van der Waals surface area contributed by atoms with Gasteiger partial charge in [-0.2, -0.15) is 0 Å². The van der Waals surface area contributed by atoms with Gasteiger partial charge in [0.15, 0.2) is 0 Å². The first-order valence-corrected chi connectivity index (χ1v) is 8.07. The Morgan fingerprint density at radius 2 is 2.12 bits per heavy atom. The van der Waals surface area contributed by atoms with Crippen LogP contribution in [0.15, 0.2) is 42.6 Å². The summed E-state index contributed by atoms with van der Waals surface area (Å²) in [5, 5.41) is 9.07. The monoisotopic (exact) mass is 324 g/mol. The number of aromatic carboxylic acids is 1. The lowest BCUT2D eigenvalue weighted by molar-refractivity contribution is -0.127. The van der Waals surface area contributed by atoms with Crippen molar-refractivity contribution in [2.45, 2.75) is 19.8 Å². The van der Waals surface area contributed by atoms with Gasteiger partial charge in [0.05, 0.1) is 11.3 Å². The number of carboxylic acids is 1. The van der Waals surface area contributed by atoms with Crippen molar-refractivity contribution in [1.82, 2.24) is 9.88 Å². The van der Waals surface area contributed by atoms with Crippen molar-refractivity contribution in [3.63, 3.8) is 0 Å². The summed E-state index contributed by atoms with van der Waals surface area (Å²) in [5.74, 6) is -0.314. The van der Waals surface area contributed by atoms with Gasteiger partial charge in [0, 0.05) is 31.8 Å². The molecule has 1 amide bonds. The van der Waals surface area contributed by atoms with Crippen LogP contribution in [-0.4, -0.2) is 40.0 Å². The predicted octanol–water partition coefficient (Wildman–Crippen LogP) is 2.86. The van der Waals surface area contributed by atoms with Gasteiger partial charge in [-0.25, -0.2) is 4.79 Å². The van der Waals surface area contributed by atoms with E-state index in [1.54, 1.807) is 25.1 Å². The first-order valence-electron chi connectivity index (χ1n) is 8.07. The Kier molecular flexibility index (Phi) is 4.60. The van der Waals surface area contributed by atoms with Crippen LogP contribution in [-0.2, 0) is 11.2 Å². The number of aromatic nitrogens is 1. The summed E-state index contributed by atoms with van der Waals surface area (Å²) in [6, 6.07) is 10.7. The molecule has 1 saturated heterocycles. The van der Waals surface area contributed by atoms with E-state index in [2.05, 4.69) is 4.98 Å². The summed E-state index contributed by atoms with van der Waals surface area (Å²) < 4.78 is 0. The Bertz CT molecular complexity index is 755. The van der Waals surface area contributed by atoms with E-state index in [9.17, 15) is 9.59 Å². The third-order valence-electron chi connectivity index (χ3n) is 4.49. The van der Waals surface area contributed by atoms with E-state index < -0.39 is 5.97 Å². The number of carbonyl (C=O) groups excluding carboxylic acids is 1. The van der Waals surface area contributed by atoms with Gasteiger partial charge in [0.25, 0.3) is 0 Å². The molecular formula is C19H20N2O3. The van der Waals surface area contributed by atoms with Crippen LogP contribution in [0, 0.1) is 5.92 Å². The molecule has 0 radical (unpaired) electrons. The fourth-order valence-corrected chi connectivity index (χ4v) is 3.15. The molecule has 1 aromatic heterocycles. The van der Waals surface area contributed by atoms with E-state index in [1.165, 1.54) is 0 Å². The molecule has 124 valence electrons. The molecule has 24 heavy (non-hydrogen) atoms. The molecule has 1 aliphatic rings. The second-order valence-corrected chi connectivity index (χ2v) is 6.26. The molecule has 0 bridgehead atoms. The molecule has 0 unspecified atom stereocenters. The van der Waals surface area contributed by atoms with Crippen molar-refractivity contribution in [3.05, 3.63) is 53.7 Å². The maximum Gasteiger partial charge on any atom is 0.335 e. The summed E-state index contributed by atoms with van der Waals surface area (Å²) in [4.78, 5) is 28.8. The molecule has 0 aliphatic carbocycles. The first-order chi connectivity index (χ1) is 11.5. The molecule has 5 nitrogen and oxygen atoms in total. The fraction of sp³-hybridized carbons (Fsp3) is 0.316. The third kappa shape index (κ3) is 3.62. The van der Waals surface area contributed by atoms with E-state index in [4.69, 9.17) is 5.11 Å². The number of hydrogen-bond donors (Lipinski definition) is 1. The van der Waals surface area contributed by atoms with Crippen molar-refractivity contribution in [1.29, 1.82) is 0 Å². The molecule has 1 fully saturated rings. The summed E-state index contributed by atoms with van der Waals surface area (Å²) in [7, 11) is 0. The summed E-state index contributed by atoms with van der Waals surface area (Å²) in [5.41, 5.74) is 2.96. The molecule has 0 spiro atoms. The second-order valence-electron chi connectivity index (χ2n) is 6.26. The van der Waals surface area contributed by atoms with Gasteiger partial charge in [0.2, 0.25) is 5.91 Å². The van der Waals surface area contributed by atoms with Crippen molar-refractivity contribution in [2.75, 3.05) is 13.1 Å². The van der Waals surface area contributed by atoms with Crippen molar-refractivity contribution < 1.29 is 14.7 Å². The quantitative estimate of drug-likeness (QED) is 0.939. The van der Waals surface area contributed by atoms with Gasteiger partial charge in [-0.3, -0.25) is 9.78 Å². The number of likely N-dealkylation sites (tertiary alicyclic amines) is 1. The zero-order chi connectivity index (χ0) is 17.1. The Hall–Kier alpha value is -2.69. The lowest BCUT2D eigenvalue weighted by atomic mass is 9.99. The minimum Gasteiger partial charge on any atom is -0.478 e. The zero-order valence-electron chi connectivity index (χ0n) is 13.6. The normalized spacial score (nSPS) is 17.0. The Labute approximate surface area is 140 Å². The Morgan fingerprint density at radius 1 is 1.29 bits per heavy atom.